The maximum atomic E-state index is 6.51. The summed E-state index contributed by atoms with van der Waals surface area (Å²) in [5, 5.41) is 0.736. The van der Waals surface area contributed by atoms with Gasteiger partial charge in [-0.15, -0.1) is 0 Å². The first-order valence-electron chi connectivity index (χ1n) is 6.76. The van der Waals surface area contributed by atoms with Crippen LogP contribution < -0.4 is 5.73 Å². The molecule has 2 fully saturated rings. The van der Waals surface area contributed by atoms with E-state index in [0.717, 1.165) is 17.1 Å². The quantitative estimate of drug-likeness (QED) is 0.841. The van der Waals surface area contributed by atoms with Gasteiger partial charge in [-0.1, -0.05) is 26.2 Å². The maximum absolute atomic E-state index is 6.51. The Balaban J connectivity index is 1.84. The molecule has 2 N–H and O–H groups in total. The van der Waals surface area contributed by atoms with Crippen LogP contribution in [0.15, 0.2) is 0 Å². The molecule has 1 aliphatic heterocycles. The van der Waals surface area contributed by atoms with Crippen molar-refractivity contribution in [2.24, 2.45) is 17.6 Å². The molecule has 4 unspecified atom stereocenters. The van der Waals surface area contributed by atoms with Gasteiger partial charge in [0.05, 0.1) is 0 Å². The number of rotatable bonds is 3. The van der Waals surface area contributed by atoms with Crippen LogP contribution in [0.25, 0.3) is 0 Å². The molecule has 0 radical (unpaired) electrons. The predicted molar refractivity (Wildman–Crippen MR) is 77.3 cm³/mol. The molecular weight excluding hydrogens is 234 g/mol. The first kappa shape index (κ1) is 13.1. The molecule has 0 spiro atoms. The minimum Gasteiger partial charge on any atom is -0.326 e. The third kappa shape index (κ3) is 3.33. The summed E-state index contributed by atoms with van der Waals surface area (Å²) in [6.45, 7) is 2.34. The third-order valence-electron chi connectivity index (χ3n) is 4.22. The van der Waals surface area contributed by atoms with E-state index in [4.69, 9.17) is 5.73 Å². The van der Waals surface area contributed by atoms with Crippen LogP contribution in [-0.4, -0.2) is 28.6 Å². The van der Waals surface area contributed by atoms with Crippen LogP contribution in [0.2, 0.25) is 0 Å². The molecule has 2 rings (SSSR count). The molecule has 4 atom stereocenters. The Morgan fingerprint density at radius 3 is 2.88 bits per heavy atom. The summed E-state index contributed by atoms with van der Waals surface area (Å²) in [4.78, 5) is 0. The Bertz CT molecular complexity index is 204. The van der Waals surface area contributed by atoms with Gasteiger partial charge in [0, 0.05) is 28.6 Å². The number of hydrogen-bond acceptors (Lipinski definition) is 3. The summed E-state index contributed by atoms with van der Waals surface area (Å²) >= 11 is 4.23. The Labute approximate surface area is 109 Å². The van der Waals surface area contributed by atoms with Gasteiger partial charge in [0.15, 0.2) is 0 Å². The van der Waals surface area contributed by atoms with Gasteiger partial charge in [-0.2, -0.15) is 23.5 Å². The highest BCUT2D eigenvalue weighted by Gasteiger charge is 2.31. The zero-order chi connectivity index (χ0) is 11.4. The van der Waals surface area contributed by atoms with Crippen molar-refractivity contribution in [3.8, 4) is 0 Å². The van der Waals surface area contributed by atoms with Gasteiger partial charge >= 0.3 is 0 Å². The molecule has 3 heteroatoms. The van der Waals surface area contributed by atoms with E-state index in [-0.39, 0.29) is 0 Å². The van der Waals surface area contributed by atoms with E-state index >= 15 is 0 Å². The summed E-state index contributed by atoms with van der Waals surface area (Å²) in [5.74, 6) is 5.71. The first-order valence-corrected chi connectivity index (χ1v) is 8.96. The van der Waals surface area contributed by atoms with Gasteiger partial charge in [-0.25, -0.2) is 0 Å². The molecule has 0 aromatic heterocycles. The second kappa shape index (κ2) is 6.55. The van der Waals surface area contributed by atoms with Crippen LogP contribution >= 0.6 is 23.5 Å². The molecule has 0 amide bonds. The standard InChI is InChI=1S/C13H25NS2/c1-2-10-4-3-5-11(8-10)13(14)12-9-15-6-7-16-12/h10-13H,2-9,14H2,1H3. The van der Waals surface area contributed by atoms with Crippen molar-refractivity contribution in [3.05, 3.63) is 0 Å². The molecule has 2 aliphatic rings. The highest BCUT2D eigenvalue weighted by molar-refractivity contribution is 8.06. The van der Waals surface area contributed by atoms with Gasteiger partial charge in [-0.05, 0) is 24.7 Å². The summed E-state index contributed by atoms with van der Waals surface area (Å²) in [7, 11) is 0. The van der Waals surface area contributed by atoms with Crippen molar-refractivity contribution >= 4 is 23.5 Å². The Morgan fingerprint density at radius 1 is 1.31 bits per heavy atom. The van der Waals surface area contributed by atoms with E-state index in [2.05, 4.69) is 30.4 Å². The monoisotopic (exact) mass is 259 g/mol. The van der Waals surface area contributed by atoms with E-state index in [9.17, 15) is 0 Å². The fraction of sp³-hybridized carbons (Fsp3) is 1.00. The zero-order valence-corrected chi connectivity index (χ0v) is 12.0. The Hall–Kier alpha value is 0.660. The predicted octanol–water partition coefficient (Wildman–Crippen LogP) is 3.38. The van der Waals surface area contributed by atoms with Crippen LogP contribution in [0.1, 0.15) is 39.0 Å². The van der Waals surface area contributed by atoms with Crippen molar-refractivity contribution in [1.82, 2.24) is 0 Å². The average Bonchev–Trinajstić information content (AvgIpc) is 2.39. The van der Waals surface area contributed by atoms with E-state index in [1.54, 1.807) is 0 Å². The molecule has 1 aliphatic carbocycles. The Morgan fingerprint density at radius 2 is 2.19 bits per heavy atom. The lowest BCUT2D eigenvalue weighted by molar-refractivity contribution is 0.229. The van der Waals surface area contributed by atoms with Crippen molar-refractivity contribution < 1.29 is 0 Å². The molecule has 0 bridgehead atoms. The van der Waals surface area contributed by atoms with Crippen LogP contribution in [0.5, 0.6) is 0 Å². The highest BCUT2D eigenvalue weighted by atomic mass is 32.2. The lowest BCUT2D eigenvalue weighted by Gasteiger charge is -2.37. The van der Waals surface area contributed by atoms with Gasteiger partial charge in [0.2, 0.25) is 0 Å². The molecular formula is C13H25NS2. The second-order valence-electron chi connectivity index (χ2n) is 5.26. The van der Waals surface area contributed by atoms with Gasteiger partial charge in [-0.3, -0.25) is 0 Å². The summed E-state index contributed by atoms with van der Waals surface area (Å²) < 4.78 is 0. The molecule has 1 nitrogen and oxygen atoms in total. The highest BCUT2D eigenvalue weighted by Crippen LogP contribution is 2.37. The van der Waals surface area contributed by atoms with Crippen LogP contribution in [0.4, 0.5) is 0 Å². The summed E-state index contributed by atoms with van der Waals surface area (Å²) in [5.41, 5.74) is 6.51. The smallest absolute Gasteiger partial charge is 0.0292 e. The van der Waals surface area contributed by atoms with Crippen molar-refractivity contribution in [2.45, 2.75) is 50.3 Å². The van der Waals surface area contributed by atoms with Crippen LogP contribution in [-0.2, 0) is 0 Å². The first-order chi connectivity index (χ1) is 7.81. The zero-order valence-electron chi connectivity index (χ0n) is 10.4. The summed E-state index contributed by atoms with van der Waals surface area (Å²) in [6.07, 6.45) is 7.02. The van der Waals surface area contributed by atoms with Gasteiger partial charge < -0.3 is 5.73 Å². The third-order valence-corrected chi connectivity index (χ3v) is 7.12. The average molecular weight is 259 g/mol. The minimum atomic E-state index is 0.465. The molecule has 0 aromatic carbocycles. The summed E-state index contributed by atoms with van der Waals surface area (Å²) in [6, 6.07) is 0.465. The molecule has 16 heavy (non-hydrogen) atoms. The molecule has 1 saturated heterocycles. The molecule has 1 saturated carbocycles. The van der Waals surface area contributed by atoms with E-state index in [1.807, 2.05) is 0 Å². The van der Waals surface area contributed by atoms with Crippen molar-refractivity contribution in [3.63, 3.8) is 0 Å². The molecule has 0 aromatic rings. The fourth-order valence-electron chi connectivity index (χ4n) is 3.08. The van der Waals surface area contributed by atoms with E-state index in [0.29, 0.717) is 6.04 Å². The number of thioether (sulfide) groups is 2. The SMILES string of the molecule is CCC1CCCC(C(N)C2CSCCS2)C1. The lowest BCUT2D eigenvalue weighted by atomic mass is 9.76. The van der Waals surface area contributed by atoms with Crippen LogP contribution in [0.3, 0.4) is 0 Å². The van der Waals surface area contributed by atoms with Crippen molar-refractivity contribution in [1.29, 1.82) is 0 Å². The number of nitrogens with two attached hydrogens (primary N) is 1. The largest absolute Gasteiger partial charge is 0.326 e. The normalized spacial score (nSPS) is 38.2. The van der Waals surface area contributed by atoms with Crippen LogP contribution in [0, 0.1) is 11.8 Å². The maximum Gasteiger partial charge on any atom is 0.0292 e. The van der Waals surface area contributed by atoms with Gasteiger partial charge in [0.1, 0.15) is 0 Å². The lowest BCUT2D eigenvalue weighted by Crippen LogP contribution is -2.44. The van der Waals surface area contributed by atoms with E-state index < -0.39 is 0 Å². The minimum absolute atomic E-state index is 0.465. The number of hydrogen-bond donors (Lipinski definition) is 1. The van der Waals surface area contributed by atoms with E-state index in [1.165, 1.54) is 49.4 Å². The Kier molecular flexibility index (Phi) is 5.37. The second-order valence-corrected chi connectivity index (χ2v) is 7.76. The van der Waals surface area contributed by atoms with Gasteiger partial charge in [0.25, 0.3) is 0 Å². The molecule has 1 heterocycles. The fourth-order valence-corrected chi connectivity index (χ4v) is 5.98. The topological polar surface area (TPSA) is 26.0 Å². The van der Waals surface area contributed by atoms with Crippen molar-refractivity contribution in [2.75, 3.05) is 17.3 Å². The molecule has 94 valence electrons.